The van der Waals surface area contributed by atoms with Crippen LogP contribution in [0.5, 0.6) is 0 Å². The molecule has 0 aromatic heterocycles. The monoisotopic (exact) mass is 324 g/mol. The lowest BCUT2D eigenvalue weighted by molar-refractivity contribution is -0.122. The molecule has 0 unspecified atom stereocenters. The van der Waals surface area contributed by atoms with Gasteiger partial charge >= 0.3 is 0 Å². The van der Waals surface area contributed by atoms with E-state index < -0.39 is 6.43 Å². The molecule has 128 valence electrons. The molecule has 1 amide bonds. The predicted octanol–water partition coefficient (Wildman–Crippen LogP) is 3.33. The lowest BCUT2D eigenvalue weighted by Crippen LogP contribution is -2.45. The van der Waals surface area contributed by atoms with Crippen LogP contribution in [0.3, 0.4) is 0 Å². The minimum absolute atomic E-state index is 0.0491. The van der Waals surface area contributed by atoms with Gasteiger partial charge in [-0.1, -0.05) is 31.2 Å². The SMILES string of the molecule is Cc1ccccc1[C@H](C)CC(=O)NC1CCN(CC(F)F)CC1. The first-order valence-corrected chi connectivity index (χ1v) is 8.31. The van der Waals surface area contributed by atoms with Crippen LogP contribution in [-0.4, -0.2) is 42.9 Å². The molecule has 1 atom stereocenters. The van der Waals surface area contributed by atoms with Crippen LogP contribution in [0.25, 0.3) is 0 Å². The van der Waals surface area contributed by atoms with Gasteiger partial charge in [0.05, 0.1) is 6.54 Å². The molecule has 1 heterocycles. The van der Waals surface area contributed by atoms with E-state index in [1.165, 1.54) is 11.1 Å². The number of nitrogens with one attached hydrogen (secondary N) is 1. The van der Waals surface area contributed by atoms with Crippen LogP contribution in [0.1, 0.15) is 43.2 Å². The maximum absolute atomic E-state index is 12.4. The molecule has 0 saturated carbocycles. The molecule has 1 aliphatic heterocycles. The van der Waals surface area contributed by atoms with Gasteiger partial charge in [-0.25, -0.2) is 8.78 Å². The van der Waals surface area contributed by atoms with Crippen LogP contribution < -0.4 is 5.32 Å². The van der Waals surface area contributed by atoms with Gasteiger partial charge in [0, 0.05) is 25.6 Å². The van der Waals surface area contributed by atoms with Crippen molar-refractivity contribution in [3.8, 4) is 0 Å². The molecular formula is C18H26F2N2O. The number of rotatable bonds is 6. The van der Waals surface area contributed by atoms with Crippen molar-refractivity contribution >= 4 is 5.91 Å². The number of carbonyl (C=O) groups excluding carboxylic acids is 1. The average Bonchev–Trinajstić information content (AvgIpc) is 2.49. The Labute approximate surface area is 137 Å². The van der Waals surface area contributed by atoms with Gasteiger partial charge in [-0.05, 0) is 36.8 Å². The summed E-state index contributed by atoms with van der Waals surface area (Å²) in [5.74, 6) is 0.225. The Morgan fingerprint density at radius 1 is 1.30 bits per heavy atom. The predicted molar refractivity (Wildman–Crippen MR) is 87.8 cm³/mol. The van der Waals surface area contributed by atoms with E-state index in [2.05, 4.69) is 31.3 Å². The third-order valence-corrected chi connectivity index (χ3v) is 4.56. The number of aryl methyl sites for hydroxylation is 1. The van der Waals surface area contributed by atoms with Gasteiger partial charge in [-0.15, -0.1) is 0 Å². The van der Waals surface area contributed by atoms with Crippen LogP contribution in [0.15, 0.2) is 24.3 Å². The quantitative estimate of drug-likeness (QED) is 0.870. The summed E-state index contributed by atoms with van der Waals surface area (Å²) < 4.78 is 24.7. The lowest BCUT2D eigenvalue weighted by Gasteiger charge is -2.32. The van der Waals surface area contributed by atoms with E-state index in [4.69, 9.17) is 0 Å². The Hall–Kier alpha value is -1.49. The molecule has 1 aliphatic rings. The van der Waals surface area contributed by atoms with Crippen LogP contribution >= 0.6 is 0 Å². The maximum atomic E-state index is 12.4. The molecule has 0 radical (unpaired) electrons. The topological polar surface area (TPSA) is 32.3 Å². The van der Waals surface area contributed by atoms with Gasteiger partial charge in [0.2, 0.25) is 5.91 Å². The fraction of sp³-hybridized carbons (Fsp3) is 0.611. The minimum Gasteiger partial charge on any atom is -0.353 e. The number of hydrogen-bond donors (Lipinski definition) is 1. The molecular weight excluding hydrogens is 298 g/mol. The summed E-state index contributed by atoms with van der Waals surface area (Å²) >= 11 is 0. The van der Waals surface area contributed by atoms with Crippen molar-refractivity contribution in [3.63, 3.8) is 0 Å². The van der Waals surface area contributed by atoms with Crippen LogP contribution in [-0.2, 0) is 4.79 Å². The third-order valence-electron chi connectivity index (χ3n) is 4.56. The van der Waals surface area contributed by atoms with E-state index in [0.29, 0.717) is 19.5 Å². The fourth-order valence-corrected chi connectivity index (χ4v) is 3.27. The second-order valence-corrected chi connectivity index (χ2v) is 6.50. The van der Waals surface area contributed by atoms with Gasteiger partial charge < -0.3 is 5.32 Å². The van der Waals surface area contributed by atoms with Crippen LogP contribution in [0, 0.1) is 6.92 Å². The third kappa shape index (κ3) is 5.57. The standard InChI is InChI=1S/C18H26F2N2O/c1-13-5-3-4-6-16(13)14(2)11-18(23)21-15-7-9-22(10-8-15)12-17(19)20/h3-6,14-15,17H,7-12H2,1-2H3,(H,21,23)/t14-/m1/s1. The summed E-state index contributed by atoms with van der Waals surface area (Å²) in [4.78, 5) is 14.0. The van der Waals surface area contributed by atoms with Crippen molar-refractivity contribution in [2.45, 2.75) is 51.5 Å². The van der Waals surface area contributed by atoms with Crippen molar-refractivity contribution in [3.05, 3.63) is 35.4 Å². The molecule has 1 aromatic carbocycles. The van der Waals surface area contributed by atoms with Crippen molar-refractivity contribution < 1.29 is 13.6 Å². The lowest BCUT2D eigenvalue weighted by atomic mass is 9.93. The van der Waals surface area contributed by atoms with E-state index in [1.807, 2.05) is 12.1 Å². The first kappa shape index (κ1) is 17.9. The molecule has 23 heavy (non-hydrogen) atoms. The highest BCUT2D eigenvalue weighted by atomic mass is 19.3. The molecule has 0 bridgehead atoms. The van der Waals surface area contributed by atoms with Gasteiger partial charge in [-0.3, -0.25) is 9.69 Å². The number of amides is 1. The van der Waals surface area contributed by atoms with Crippen molar-refractivity contribution in [1.82, 2.24) is 10.2 Å². The van der Waals surface area contributed by atoms with Crippen molar-refractivity contribution in [1.29, 1.82) is 0 Å². The zero-order valence-corrected chi connectivity index (χ0v) is 13.9. The van der Waals surface area contributed by atoms with Gasteiger partial charge in [0.15, 0.2) is 0 Å². The second-order valence-electron chi connectivity index (χ2n) is 6.50. The number of piperidine rings is 1. The highest BCUT2D eigenvalue weighted by Crippen LogP contribution is 2.22. The van der Waals surface area contributed by atoms with Crippen molar-refractivity contribution in [2.75, 3.05) is 19.6 Å². The normalized spacial score (nSPS) is 18.1. The highest BCUT2D eigenvalue weighted by Gasteiger charge is 2.23. The smallest absolute Gasteiger partial charge is 0.251 e. The summed E-state index contributed by atoms with van der Waals surface area (Å²) in [6.07, 6.45) is -0.327. The van der Waals surface area contributed by atoms with E-state index in [9.17, 15) is 13.6 Å². The Balaban J connectivity index is 1.76. The molecule has 3 nitrogen and oxygen atoms in total. The number of carbonyl (C=O) groups is 1. The van der Waals surface area contributed by atoms with Gasteiger partial charge in [0.25, 0.3) is 6.43 Å². The molecule has 0 aliphatic carbocycles. The second kappa shape index (κ2) is 8.39. The highest BCUT2D eigenvalue weighted by molar-refractivity contribution is 5.77. The number of likely N-dealkylation sites (tertiary alicyclic amines) is 1. The zero-order chi connectivity index (χ0) is 16.8. The number of alkyl halides is 2. The van der Waals surface area contributed by atoms with Gasteiger partial charge in [0.1, 0.15) is 0 Å². The Kier molecular flexibility index (Phi) is 6.51. The van der Waals surface area contributed by atoms with Crippen molar-refractivity contribution in [2.24, 2.45) is 0 Å². The van der Waals surface area contributed by atoms with Gasteiger partial charge in [-0.2, -0.15) is 0 Å². The number of benzene rings is 1. The summed E-state index contributed by atoms with van der Waals surface area (Å²) in [5, 5.41) is 3.06. The fourth-order valence-electron chi connectivity index (χ4n) is 3.27. The minimum atomic E-state index is -2.28. The molecule has 1 fully saturated rings. The first-order chi connectivity index (χ1) is 11.0. The first-order valence-electron chi connectivity index (χ1n) is 8.31. The number of nitrogens with zero attached hydrogens (tertiary/aromatic N) is 1. The molecule has 1 N–H and O–H groups in total. The van der Waals surface area contributed by atoms with E-state index in [-0.39, 0.29) is 24.4 Å². The average molecular weight is 324 g/mol. The Morgan fingerprint density at radius 2 is 1.96 bits per heavy atom. The zero-order valence-electron chi connectivity index (χ0n) is 13.9. The number of halogens is 2. The molecule has 5 heteroatoms. The summed E-state index contributed by atoms with van der Waals surface area (Å²) in [5.41, 5.74) is 2.41. The molecule has 0 spiro atoms. The molecule has 1 saturated heterocycles. The maximum Gasteiger partial charge on any atom is 0.251 e. The van der Waals surface area contributed by atoms with E-state index >= 15 is 0 Å². The Bertz CT molecular complexity index is 513. The summed E-state index contributed by atoms with van der Waals surface area (Å²) in [7, 11) is 0. The van der Waals surface area contributed by atoms with Crippen LogP contribution in [0.4, 0.5) is 8.78 Å². The van der Waals surface area contributed by atoms with E-state index in [1.54, 1.807) is 4.90 Å². The number of hydrogen-bond acceptors (Lipinski definition) is 2. The summed E-state index contributed by atoms with van der Waals surface area (Å²) in [6, 6.07) is 8.23. The Morgan fingerprint density at radius 3 is 2.57 bits per heavy atom. The molecule has 2 rings (SSSR count). The largest absolute Gasteiger partial charge is 0.353 e. The summed E-state index contributed by atoms with van der Waals surface area (Å²) in [6.45, 7) is 5.21. The van der Waals surface area contributed by atoms with E-state index in [0.717, 1.165) is 12.8 Å². The molecule has 1 aromatic rings. The van der Waals surface area contributed by atoms with Crippen LogP contribution in [0.2, 0.25) is 0 Å².